The Morgan fingerprint density at radius 3 is 2.75 bits per heavy atom. The summed E-state index contributed by atoms with van der Waals surface area (Å²) in [6, 6.07) is 0.365. The maximum absolute atomic E-state index is 11.9. The van der Waals surface area contributed by atoms with Crippen molar-refractivity contribution in [2.45, 2.75) is 43.9 Å². The van der Waals surface area contributed by atoms with Gasteiger partial charge in [0.1, 0.15) is 0 Å². The first-order valence-electron chi connectivity index (χ1n) is 7.08. The standard InChI is InChI=1S/C14H23N3O2S/c1-16(2)14(18)19-13-11(10-20-3)9-15-17(13)12-7-5-4-6-8-12/h9,12H,4-8,10H2,1-3H3. The summed E-state index contributed by atoms with van der Waals surface area (Å²) in [5.41, 5.74) is 0.998. The minimum Gasteiger partial charge on any atom is -0.391 e. The molecule has 1 aliphatic carbocycles. The molecule has 0 N–H and O–H groups in total. The van der Waals surface area contributed by atoms with Gasteiger partial charge in [-0.3, -0.25) is 0 Å². The van der Waals surface area contributed by atoms with Crippen molar-refractivity contribution >= 4 is 17.9 Å². The second-order valence-corrected chi connectivity index (χ2v) is 6.27. The lowest BCUT2D eigenvalue weighted by Crippen LogP contribution is -2.27. The van der Waals surface area contributed by atoms with Crippen LogP contribution in [-0.4, -0.2) is 41.1 Å². The van der Waals surface area contributed by atoms with Crippen molar-refractivity contribution in [1.82, 2.24) is 14.7 Å². The summed E-state index contributed by atoms with van der Waals surface area (Å²) in [7, 11) is 3.38. The maximum Gasteiger partial charge on any atom is 0.416 e. The summed E-state index contributed by atoms with van der Waals surface area (Å²) in [6.45, 7) is 0. The highest BCUT2D eigenvalue weighted by Crippen LogP contribution is 2.33. The predicted molar refractivity (Wildman–Crippen MR) is 81.3 cm³/mol. The SMILES string of the molecule is CSCc1cnn(C2CCCCC2)c1OC(=O)N(C)C. The Kier molecular flexibility index (Phi) is 5.34. The van der Waals surface area contributed by atoms with Crippen LogP contribution < -0.4 is 4.74 Å². The van der Waals surface area contributed by atoms with Gasteiger partial charge in [0.2, 0.25) is 5.88 Å². The van der Waals surface area contributed by atoms with Crippen LogP contribution in [0.2, 0.25) is 0 Å². The molecule has 0 atom stereocenters. The Morgan fingerprint density at radius 1 is 1.45 bits per heavy atom. The van der Waals surface area contributed by atoms with E-state index < -0.39 is 0 Å². The van der Waals surface area contributed by atoms with E-state index in [9.17, 15) is 4.79 Å². The van der Waals surface area contributed by atoms with Gasteiger partial charge < -0.3 is 9.64 Å². The third-order valence-corrected chi connectivity index (χ3v) is 4.19. The summed E-state index contributed by atoms with van der Waals surface area (Å²) in [5.74, 6) is 1.44. The molecular weight excluding hydrogens is 274 g/mol. The lowest BCUT2D eigenvalue weighted by Gasteiger charge is -2.24. The first-order valence-corrected chi connectivity index (χ1v) is 8.47. The topological polar surface area (TPSA) is 47.4 Å². The molecular formula is C14H23N3O2S. The number of hydrogen-bond donors (Lipinski definition) is 0. The second-order valence-electron chi connectivity index (χ2n) is 5.41. The number of thioether (sulfide) groups is 1. The number of nitrogens with zero attached hydrogens (tertiary/aromatic N) is 3. The molecule has 1 heterocycles. The second kappa shape index (κ2) is 7.02. The van der Waals surface area contributed by atoms with Gasteiger partial charge in [0.05, 0.1) is 12.2 Å². The smallest absolute Gasteiger partial charge is 0.391 e. The van der Waals surface area contributed by atoms with Crippen LogP contribution in [0, 0.1) is 0 Å². The van der Waals surface area contributed by atoms with E-state index in [2.05, 4.69) is 5.10 Å². The van der Waals surface area contributed by atoms with E-state index in [4.69, 9.17) is 4.74 Å². The van der Waals surface area contributed by atoms with Crippen molar-refractivity contribution in [3.05, 3.63) is 11.8 Å². The van der Waals surface area contributed by atoms with Gasteiger partial charge in [-0.1, -0.05) is 19.3 Å². The van der Waals surface area contributed by atoms with Gasteiger partial charge in [0.25, 0.3) is 0 Å². The average Bonchev–Trinajstić information content (AvgIpc) is 2.83. The van der Waals surface area contributed by atoms with Crippen molar-refractivity contribution in [2.24, 2.45) is 0 Å². The van der Waals surface area contributed by atoms with E-state index in [-0.39, 0.29) is 6.09 Å². The Balaban J connectivity index is 2.23. The molecule has 0 unspecified atom stereocenters. The van der Waals surface area contributed by atoms with E-state index in [0.29, 0.717) is 11.9 Å². The zero-order chi connectivity index (χ0) is 14.5. The number of hydrogen-bond acceptors (Lipinski definition) is 4. The highest BCUT2D eigenvalue weighted by molar-refractivity contribution is 7.97. The molecule has 1 aliphatic rings. The molecule has 1 amide bonds. The molecule has 0 radical (unpaired) electrons. The normalized spacial score (nSPS) is 16.1. The van der Waals surface area contributed by atoms with E-state index in [1.54, 1.807) is 25.9 Å². The van der Waals surface area contributed by atoms with Crippen molar-refractivity contribution in [2.75, 3.05) is 20.4 Å². The van der Waals surface area contributed by atoms with E-state index in [1.807, 2.05) is 17.1 Å². The average molecular weight is 297 g/mol. The molecule has 0 saturated heterocycles. The molecule has 6 heteroatoms. The monoisotopic (exact) mass is 297 g/mol. The minimum atomic E-state index is -0.343. The number of rotatable bonds is 4. The molecule has 5 nitrogen and oxygen atoms in total. The minimum absolute atomic E-state index is 0.343. The number of ether oxygens (including phenoxy) is 1. The summed E-state index contributed by atoms with van der Waals surface area (Å²) in [6.07, 6.45) is 9.51. The fourth-order valence-corrected chi connectivity index (χ4v) is 3.02. The first-order chi connectivity index (χ1) is 9.63. The van der Waals surface area contributed by atoms with Crippen LogP contribution in [0.25, 0.3) is 0 Å². The zero-order valence-electron chi connectivity index (χ0n) is 12.5. The number of carbonyl (C=O) groups is 1. The van der Waals surface area contributed by atoms with Crippen LogP contribution >= 0.6 is 11.8 Å². The molecule has 0 aliphatic heterocycles. The lowest BCUT2D eigenvalue weighted by atomic mass is 9.96. The van der Waals surface area contributed by atoms with E-state index in [0.717, 1.165) is 24.2 Å². The quantitative estimate of drug-likeness (QED) is 0.855. The third kappa shape index (κ3) is 3.48. The molecule has 1 aromatic heterocycles. The number of aromatic nitrogens is 2. The van der Waals surface area contributed by atoms with Crippen LogP contribution in [0.4, 0.5) is 4.79 Å². The summed E-state index contributed by atoms with van der Waals surface area (Å²) in [4.78, 5) is 13.3. The van der Waals surface area contributed by atoms with Crippen LogP contribution in [0.15, 0.2) is 6.20 Å². The molecule has 2 rings (SSSR count). The van der Waals surface area contributed by atoms with Gasteiger partial charge in [-0.25, -0.2) is 9.48 Å². The van der Waals surface area contributed by atoms with E-state index >= 15 is 0 Å². The van der Waals surface area contributed by atoms with Crippen molar-refractivity contribution < 1.29 is 9.53 Å². The van der Waals surface area contributed by atoms with Gasteiger partial charge >= 0.3 is 6.09 Å². The first kappa shape index (κ1) is 15.2. The van der Waals surface area contributed by atoms with Crippen LogP contribution in [0.1, 0.15) is 43.7 Å². The molecule has 0 aromatic carbocycles. The van der Waals surface area contributed by atoms with Crippen molar-refractivity contribution in [1.29, 1.82) is 0 Å². The molecule has 1 aromatic rings. The van der Waals surface area contributed by atoms with Crippen LogP contribution in [0.3, 0.4) is 0 Å². The Morgan fingerprint density at radius 2 is 2.15 bits per heavy atom. The molecule has 0 spiro atoms. The van der Waals surface area contributed by atoms with Crippen molar-refractivity contribution in [3.8, 4) is 5.88 Å². The number of amides is 1. The van der Waals surface area contributed by atoms with Gasteiger partial charge in [-0.2, -0.15) is 16.9 Å². The van der Waals surface area contributed by atoms with Gasteiger partial charge in [0, 0.05) is 25.4 Å². The molecule has 0 bridgehead atoms. The predicted octanol–water partition coefficient (Wildman–Crippen LogP) is 3.31. The summed E-state index contributed by atoms with van der Waals surface area (Å²) in [5, 5.41) is 4.48. The highest BCUT2D eigenvalue weighted by atomic mass is 32.2. The number of carbonyl (C=O) groups excluding carboxylic acids is 1. The Bertz CT molecular complexity index is 453. The van der Waals surface area contributed by atoms with Crippen LogP contribution in [-0.2, 0) is 5.75 Å². The van der Waals surface area contributed by atoms with E-state index in [1.165, 1.54) is 24.2 Å². The summed E-state index contributed by atoms with van der Waals surface area (Å²) >= 11 is 1.71. The molecule has 1 fully saturated rings. The lowest BCUT2D eigenvalue weighted by molar-refractivity contribution is 0.163. The third-order valence-electron chi connectivity index (χ3n) is 3.59. The van der Waals surface area contributed by atoms with Gasteiger partial charge in [-0.05, 0) is 19.1 Å². The van der Waals surface area contributed by atoms with Crippen LogP contribution in [0.5, 0.6) is 5.88 Å². The molecule has 1 saturated carbocycles. The zero-order valence-corrected chi connectivity index (χ0v) is 13.3. The molecule has 20 heavy (non-hydrogen) atoms. The fourth-order valence-electron chi connectivity index (χ4n) is 2.51. The maximum atomic E-state index is 11.9. The fraction of sp³-hybridized carbons (Fsp3) is 0.714. The Labute approximate surface area is 124 Å². The largest absolute Gasteiger partial charge is 0.416 e. The Hall–Kier alpha value is -1.17. The highest BCUT2D eigenvalue weighted by Gasteiger charge is 2.24. The van der Waals surface area contributed by atoms with Crippen molar-refractivity contribution in [3.63, 3.8) is 0 Å². The summed E-state index contributed by atoms with van der Waals surface area (Å²) < 4.78 is 7.48. The van der Waals surface area contributed by atoms with Gasteiger partial charge in [0.15, 0.2) is 0 Å². The molecule has 112 valence electrons. The van der Waals surface area contributed by atoms with Gasteiger partial charge in [-0.15, -0.1) is 0 Å².